The number of rotatable bonds is 4. The normalized spacial score (nSPS) is 10.8. The molecule has 0 aromatic carbocycles. The van der Waals surface area contributed by atoms with Crippen LogP contribution in [0.3, 0.4) is 0 Å². The van der Waals surface area contributed by atoms with Gasteiger partial charge in [0.15, 0.2) is 0 Å². The van der Waals surface area contributed by atoms with Crippen molar-refractivity contribution in [3.8, 4) is 0 Å². The van der Waals surface area contributed by atoms with Crippen molar-refractivity contribution in [3.05, 3.63) is 49.9 Å². The molecule has 0 aliphatic rings. The molecule has 0 atom stereocenters. The number of aromatic nitrogens is 1. The number of hydrogen-bond acceptors (Lipinski definition) is 3. The van der Waals surface area contributed by atoms with Crippen LogP contribution in [-0.2, 0) is 6.54 Å². The quantitative estimate of drug-likeness (QED) is 0.839. The lowest BCUT2D eigenvalue weighted by Crippen LogP contribution is -2.22. The van der Waals surface area contributed by atoms with Crippen molar-refractivity contribution in [1.29, 1.82) is 0 Å². The summed E-state index contributed by atoms with van der Waals surface area (Å²) in [4.78, 5) is 17.3. The number of nitrogens with one attached hydrogen (secondary N) is 1. The van der Waals surface area contributed by atoms with Crippen molar-refractivity contribution >= 4 is 40.4 Å². The van der Waals surface area contributed by atoms with E-state index in [0.29, 0.717) is 21.6 Å². The van der Waals surface area contributed by atoms with E-state index in [9.17, 15) is 4.79 Å². The maximum atomic E-state index is 12.1. The van der Waals surface area contributed by atoms with Gasteiger partial charge < -0.3 is 5.32 Å². The predicted molar refractivity (Wildman–Crippen MR) is 83.8 cm³/mol. The molecule has 0 fully saturated rings. The van der Waals surface area contributed by atoms with Crippen LogP contribution in [0, 0.1) is 0 Å². The van der Waals surface area contributed by atoms with Crippen LogP contribution in [0.25, 0.3) is 0 Å². The van der Waals surface area contributed by atoms with Gasteiger partial charge in [0.05, 0.1) is 10.9 Å². The van der Waals surface area contributed by atoms with Crippen LogP contribution >= 0.6 is 34.5 Å². The standard InChI is InChI=1S/C14H14Cl2N2OS/c1-8(2)11-5-9(6-12(15)18-11)14(19)17-7-10-3-4-13(16)20-10/h3-6,8H,7H2,1-2H3,(H,17,19). The summed E-state index contributed by atoms with van der Waals surface area (Å²) >= 11 is 13.2. The SMILES string of the molecule is CC(C)c1cc(C(=O)NCc2ccc(Cl)s2)cc(Cl)n1. The van der Waals surface area contributed by atoms with Gasteiger partial charge in [-0.15, -0.1) is 11.3 Å². The van der Waals surface area contributed by atoms with Gasteiger partial charge in [-0.05, 0) is 30.2 Å². The van der Waals surface area contributed by atoms with Crippen LogP contribution < -0.4 is 5.32 Å². The Hall–Kier alpha value is -1.10. The average molecular weight is 329 g/mol. The van der Waals surface area contributed by atoms with Gasteiger partial charge >= 0.3 is 0 Å². The molecule has 0 saturated carbocycles. The van der Waals surface area contributed by atoms with Crippen molar-refractivity contribution in [2.75, 3.05) is 0 Å². The zero-order chi connectivity index (χ0) is 14.7. The summed E-state index contributed by atoms with van der Waals surface area (Å²) in [6.07, 6.45) is 0. The molecule has 3 nitrogen and oxygen atoms in total. The summed E-state index contributed by atoms with van der Waals surface area (Å²) in [5, 5.41) is 3.18. The van der Waals surface area contributed by atoms with Gasteiger partial charge in [0.25, 0.3) is 5.91 Å². The molecule has 1 amide bonds. The molecular weight excluding hydrogens is 315 g/mol. The Labute approximate surface area is 131 Å². The van der Waals surface area contributed by atoms with E-state index in [0.717, 1.165) is 10.6 Å². The molecule has 0 bridgehead atoms. The minimum Gasteiger partial charge on any atom is -0.347 e. The minimum atomic E-state index is -0.166. The minimum absolute atomic E-state index is 0.166. The molecule has 20 heavy (non-hydrogen) atoms. The molecule has 6 heteroatoms. The molecule has 0 aliphatic heterocycles. The van der Waals surface area contributed by atoms with E-state index in [2.05, 4.69) is 10.3 Å². The van der Waals surface area contributed by atoms with Gasteiger partial charge in [0.1, 0.15) is 5.15 Å². The van der Waals surface area contributed by atoms with E-state index < -0.39 is 0 Å². The summed E-state index contributed by atoms with van der Waals surface area (Å²) in [6, 6.07) is 7.05. The molecule has 2 heterocycles. The molecule has 1 N–H and O–H groups in total. The Bertz CT molecular complexity index is 625. The third kappa shape index (κ3) is 3.95. The van der Waals surface area contributed by atoms with Crippen LogP contribution in [0.4, 0.5) is 0 Å². The largest absolute Gasteiger partial charge is 0.347 e. The maximum absolute atomic E-state index is 12.1. The van der Waals surface area contributed by atoms with Gasteiger partial charge in [-0.2, -0.15) is 0 Å². The topological polar surface area (TPSA) is 42.0 Å². The number of thiophene rings is 1. The smallest absolute Gasteiger partial charge is 0.251 e. The highest BCUT2D eigenvalue weighted by atomic mass is 35.5. The van der Waals surface area contributed by atoms with E-state index >= 15 is 0 Å². The highest BCUT2D eigenvalue weighted by Crippen LogP contribution is 2.21. The fraction of sp³-hybridized carbons (Fsp3) is 0.286. The van der Waals surface area contributed by atoms with Crippen molar-refractivity contribution in [1.82, 2.24) is 10.3 Å². The zero-order valence-electron chi connectivity index (χ0n) is 11.1. The third-order valence-electron chi connectivity index (χ3n) is 2.72. The Balaban J connectivity index is 2.09. The van der Waals surface area contributed by atoms with E-state index in [4.69, 9.17) is 23.2 Å². The lowest BCUT2D eigenvalue weighted by Gasteiger charge is -2.08. The van der Waals surface area contributed by atoms with Gasteiger partial charge in [0.2, 0.25) is 0 Å². The first kappa shape index (κ1) is 15.3. The molecule has 0 saturated heterocycles. The second-order valence-corrected chi connectivity index (χ2v) is 6.83. The van der Waals surface area contributed by atoms with E-state index in [1.165, 1.54) is 11.3 Å². The molecule has 0 spiro atoms. The number of amides is 1. The Kier molecular flexibility index (Phi) is 5.02. The number of carbonyl (C=O) groups excluding carboxylic acids is 1. The summed E-state index contributed by atoms with van der Waals surface area (Å²) in [7, 11) is 0. The lowest BCUT2D eigenvalue weighted by molar-refractivity contribution is 0.0951. The van der Waals surface area contributed by atoms with Crippen LogP contribution in [0.2, 0.25) is 9.49 Å². The molecule has 2 aromatic rings. The zero-order valence-corrected chi connectivity index (χ0v) is 13.4. The van der Waals surface area contributed by atoms with Gasteiger partial charge in [0, 0.05) is 16.1 Å². The molecule has 0 aliphatic carbocycles. The van der Waals surface area contributed by atoms with Crippen molar-refractivity contribution in [2.45, 2.75) is 26.3 Å². The number of nitrogens with zero attached hydrogens (tertiary/aromatic N) is 1. The Morgan fingerprint density at radius 1 is 1.35 bits per heavy atom. The molecule has 0 radical (unpaired) electrons. The second-order valence-electron chi connectivity index (χ2n) is 4.65. The van der Waals surface area contributed by atoms with Crippen molar-refractivity contribution in [2.24, 2.45) is 0 Å². The third-order valence-corrected chi connectivity index (χ3v) is 4.14. The number of carbonyl (C=O) groups is 1. The fourth-order valence-corrected chi connectivity index (χ4v) is 2.90. The van der Waals surface area contributed by atoms with Gasteiger partial charge in [-0.3, -0.25) is 4.79 Å². The number of halogens is 2. The van der Waals surface area contributed by atoms with Crippen LogP contribution in [-0.4, -0.2) is 10.9 Å². The van der Waals surface area contributed by atoms with E-state index in [1.807, 2.05) is 26.0 Å². The van der Waals surface area contributed by atoms with Crippen molar-refractivity contribution in [3.63, 3.8) is 0 Å². The summed E-state index contributed by atoms with van der Waals surface area (Å²) in [6.45, 7) is 4.47. The molecule has 2 rings (SSSR count). The van der Waals surface area contributed by atoms with Crippen molar-refractivity contribution < 1.29 is 4.79 Å². The maximum Gasteiger partial charge on any atom is 0.251 e. The van der Waals surface area contributed by atoms with Crippen LogP contribution in [0.1, 0.15) is 40.7 Å². The molecule has 2 aromatic heterocycles. The summed E-state index contributed by atoms with van der Waals surface area (Å²) in [5.74, 6) is 0.0528. The number of pyridine rings is 1. The first-order valence-corrected chi connectivity index (χ1v) is 7.73. The Morgan fingerprint density at radius 2 is 2.10 bits per heavy atom. The van der Waals surface area contributed by atoms with E-state index in [1.54, 1.807) is 12.1 Å². The molecular formula is C14H14Cl2N2OS. The predicted octanol–water partition coefficient (Wildman–Crippen LogP) is 4.50. The highest BCUT2D eigenvalue weighted by molar-refractivity contribution is 7.16. The fourth-order valence-electron chi connectivity index (χ4n) is 1.66. The lowest BCUT2D eigenvalue weighted by atomic mass is 10.1. The van der Waals surface area contributed by atoms with Gasteiger partial charge in [-0.25, -0.2) is 4.98 Å². The first-order valence-electron chi connectivity index (χ1n) is 6.15. The Morgan fingerprint density at radius 3 is 2.70 bits per heavy atom. The second kappa shape index (κ2) is 6.57. The van der Waals surface area contributed by atoms with E-state index in [-0.39, 0.29) is 11.8 Å². The average Bonchev–Trinajstić information content (AvgIpc) is 2.81. The summed E-state index contributed by atoms with van der Waals surface area (Å²) < 4.78 is 0.711. The molecule has 0 unspecified atom stereocenters. The summed E-state index contributed by atoms with van der Waals surface area (Å²) in [5.41, 5.74) is 1.33. The van der Waals surface area contributed by atoms with Crippen LogP contribution in [0.15, 0.2) is 24.3 Å². The van der Waals surface area contributed by atoms with Gasteiger partial charge in [-0.1, -0.05) is 37.0 Å². The van der Waals surface area contributed by atoms with Crippen LogP contribution in [0.5, 0.6) is 0 Å². The monoisotopic (exact) mass is 328 g/mol. The highest BCUT2D eigenvalue weighted by Gasteiger charge is 2.11. The number of hydrogen-bond donors (Lipinski definition) is 1. The molecule has 106 valence electrons. The first-order chi connectivity index (χ1) is 9.45.